The van der Waals surface area contributed by atoms with E-state index >= 15 is 0 Å². The van der Waals surface area contributed by atoms with Crippen LogP contribution in [0.15, 0.2) is 42.5 Å². The second kappa shape index (κ2) is 5.88. The molecule has 0 bridgehead atoms. The van der Waals surface area contributed by atoms with E-state index in [-0.39, 0.29) is 5.75 Å². The van der Waals surface area contributed by atoms with Crippen LogP contribution in [0.4, 0.5) is 5.69 Å². The molecule has 0 aliphatic heterocycles. The summed E-state index contributed by atoms with van der Waals surface area (Å²) in [5, 5.41) is 0. The van der Waals surface area contributed by atoms with E-state index in [1.54, 1.807) is 30.3 Å². The zero-order valence-corrected chi connectivity index (χ0v) is 10.8. The quantitative estimate of drug-likeness (QED) is 0.399. The number of methoxy groups -OCH3 is 1. The molecule has 2 rings (SSSR count). The van der Waals surface area contributed by atoms with Crippen LogP contribution in [0, 0.1) is 0 Å². The molecular formula is C15H13NO4. The first-order valence-electron chi connectivity index (χ1n) is 5.85. The van der Waals surface area contributed by atoms with Crippen LogP contribution in [-0.4, -0.2) is 19.4 Å². The third-order valence-electron chi connectivity index (χ3n) is 2.67. The highest BCUT2D eigenvalue weighted by Crippen LogP contribution is 2.28. The van der Waals surface area contributed by atoms with Crippen molar-refractivity contribution in [3.8, 4) is 11.5 Å². The van der Waals surface area contributed by atoms with Crippen molar-refractivity contribution in [3.05, 3.63) is 53.6 Å². The highest BCUT2D eigenvalue weighted by molar-refractivity contribution is 5.91. The molecule has 0 unspecified atom stereocenters. The van der Waals surface area contributed by atoms with E-state index in [0.717, 1.165) is 0 Å². The minimum absolute atomic E-state index is 0.250. The van der Waals surface area contributed by atoms with Crippen LogP contribution >= 0.6 is 0 Å². The van der Waals surface area contributed by atoms with Crippen molar-refractivity contribution in [2.45, 2.75) is 0 Å². The maximum Gasteiger partial charge on any atom is 0.343 e. The number of nitrogen functional groups attached to an aromatic ring is 1. The van der Waals surface area contributed by atoms with Crippen LogP contribution in [0.5, 0.6) is 11.5 Å². The number of benzene rings is 2. The van der Waals surface area contributed by atoms with Crippen molar-refractivity contribution >= 4 is 17.9 Å². The summed E-state index contributed by atoms with van der Waals surface area (Å²) in [4.78, 5) is 22.6. The summed E-state index contributed by atoms with van der Waals surface area (Å²) >= 11 is 0. The molecule has 2 aromatic carbocycles. The predicted molar refractivity (Wildman–Crippen MR) is 74.2 cm³/mol. The number of nitrogens with two attached hydrogens (primary N) is 1. The van der Waals surface area contributed by atoms with Gasteiger partial charge >= 0.3 is 5.97 Å². The van der Waals surface area contributed by atoms with Gasteiger partial charge in [-0.3, -0.25) is 4.79 Å². The average Bonchev–Trinajstić information content (AvgIpc) is 2.48. The lowest BCUT2D eigenvalue weighted by molar-refractivity contribution is 0.0729. The van der Waals surface area contributed by atoms with E-state index in [1.807, 2.05) is 0 Å². The van der Waals surface area contributed by atoms with E-state index in [9.17, 15) is 9.59 Å². The van der Waals surface area contributed by atoms with E-state index in [2.05, 4.69) is 0 Å². The molecule has 2 N–H and O–H groups in total. The van der Waals surface area contributed by atoms with E-state index in [1.165, 1.54) is 19.2 Å². The van der Waals surface area contributed by atoms with Gasteiger partial charge in [-0.05, 0) is 42.5 Å². The highest BCUT2D eigenvalue weighted by atomic mass is 16.6. The van der Waals surface area contributed by atoms with E-state index in [0.29, 0.717) is 28.8 Å². The summed E-state index contributed by atoms with van der Waals surface area (Å²) in [5.41, 5.74) is 6.93. The SMILES string of the molecule is COc1cc(C=O)ccc1OC(=O)c1ccc(N)cc1. The van der Waals surface area contributed by atoms with Gasteiger partial charge in [-0.1, -0.05) is 0 Å². The fraction of sp³-hybridized carbons (Fsp3) is 0.0667. The molecule has 0 aliphatic rings. The number of carbonyl (C=O) groups excluding carboxylic acids is 2. The minimum atomic E-state index is -0.526. The van der Waals surface area contributed by atoms with Crippen LogP contribution in [0.1, 0.15) is 20.7 Å². The summed E-state index contributed by atoms with van der Waals surface area (Å²) in [6.45, 7) is 0. The molecule has 102 valence electrons. The van der Waals surface area contributed by atoms with Crippen molar-refractivity contribution in [2.24, 2.45) is 0 Å². The molecule has 0 heterocycles. The fourth-order valence-corrected chi connectivity index (χ4v) is 1.62. The maximum atomic E-state index is 12.0. The Bertz CT molecular complexity index is 635. The van der Waals surface area contributed by atoms with Gasteiger partial charge < -0.3 is 15.2 Å². The van der Waals surface area contributed by atoms with E-state index in [4.69, 9.17) is 15.2 Å². The number of carbonyl (C=O) groups is 2. The molecule has 5 nitrogen and oxygen atoms in total. The molecule has 0 fully saturated rings. The molecule has 0 amide bonds. The smallest absolute Gasteiger partial charge is 0.343 e. The Morgan fingerprint density at radius 1 is 1.10 bits per heavy atom. The number of hydrogen-bond acceptors (Lipinski definition) is 5. The summed E-state index contributed by atoms with van der Waals surface area (Å²) < 4.78 is 10.3. The van der Waals surface area contributed by atoms with E-state index < -0.39 is 5.97 Å². The van der Waals surface area contributed by atoms with Gasteiger partial charge in [0.05, 0.1) is 12.7 Å². The van der Waals surface area contributed by atoms with Crippen LogP contribution in [0.2, 0.25) is 0 Å². The van der Waals surface area contributed by atoms with Gasteiger partial charge in [0, 0.05) is 11.3 Å². The Labute approximate surface area is 115 Å². The van der Waals surface area contributed by atoms with Crippen molar-refractivity contribution in [1.82, 2.24) is 0 Å². The second-order valence-electron chi connectivity index (χ2n) is 4.04. The Hall–Kier alpha value is -2.82. The number of esters is 1. The first-order chi connectivity index (χ1) is 9.63. The Balaban J connectivity index is 2.23. The molecule has 0 aliphatic carbocycles. The number of aldehydes is 1. The maximum absolute atomic E-state index is 12.0. The van der Waals surface area contributed by atoms with Crippen LogP contribution in [0.3, 0.4) is 0 Å². The van der Waals surface area contributed by atoms with Gasteiger partial charge in [0.15, 0.2) is 11.5 Å². The highest BCUT2D eigenvalue weighted by Gasteiger charge is 2.12. The fourth-order valence-electron chi connectivity index (χ4n) is 1.62. The van der Waals surface area contributed by atoms with Gasteiger partial charge in [-0.2, -0.15) is 0 Å². The molecule has 0 aromatic heterocycles. The molecule has 0 radical (unpaired) electrons. The zero-order valence-electron chi connectivity index (χ0n) is 10.8. The lowest BCUT2D eigenvalue weighted by Crippen LogP contribution is -2.09. The third kappa shape index (κ3) is 2.95. The molecule has 2 aromatic rings. The molecule has 0 spiro atoms. The molecule has 0 saturated heterocycles. The second-order valence-corrected chi connectivity index (χ2v) is 4.04. The predicted octanol–water partition coefficient (Wildman–Crippen LogP) is 2.31. The Kier molecular flexibility index (Phi) is 4.00. The van der Waals surface area contributed by atoms with Crippen molar-refractivity contribution in [3.63, 3.8) is 0 Å². The van der Waals surface area contributed by atoms with Gasteiger partial charge in [0.25, 0.3) is 0 Å². The first-order valence-corrected chi connectivity index (χ1v) is 5.85. The van der Waals surface area contributed by atoms with Crippen molar-refractivity contribution in [1.29, 1.82) is 0 Å². The molecule has 0 atom stereocenters. The van der Waals surface area contributed by atoms with Gasteiger partial charge in [-0.25, -0.2) is 4.79 Å². The molecule has 20 heavy (non-hydrogen) atoms. The monoisotopic (exact) mass is 271 g/mol. The van der Waals surface area contributed by atoms with Crippen LogP contribution in [-0.2, 0) is 0 Å². The number of rotatable bonds is 4. The Morgan fingerprint density at radius 3 is 2.40 bits per heavy atom. The molecular weight excluding hydrogens is 258 g/mol. The normalized spacial score (nSPS) is 9.85. The zero-order chi connectivity index (χ0) is 14.5. The third-order valence-corrected chi connectivity index (χ3v) is 2.67. The van der Waals surface area contributed by atoms with Crippen molar-refractivity contribution < 1.29 is 19.1 Å². The lowest BCUT2D eigenvalue weighted by Gasteiger charge is -2.09. The lowest BCUT2D eigenvalue weighted by atomic mass is 10.2. The summed E-state index contributed by atoms with van der Waals surface area (Å²) in [7, 11) is 1.43. The number of hydrogen-bond donors (Lipinski definition) is 1. The van der Waals surface area contributed by atoms with Crippen LogP contribution in [0.25, 0.3) is 0 Å². The van der Waals surface area contributed by atoms with Gasteiger partial charge in [0.1, 0.15) is 6.29 Å². The number of anilines is 1. The molecule has 5 heteroatoms. The topological polar surface area (TPSA) is 78.6 Å². The first kappa shape index (κ1) is 13.6. The minimum Gasteiger partial charge on any atom is -0.493 e. The summed E-state index contributed by atoms with van der Waals surface area (Å²) in [5.74, 6) is 0.0421. The average molecular weight is 271 g/mol. The van der Waals surface area contributed by atoms with Crippen molar-refractivity contribution in [2.75, 3.05) is 12.8 Å². The largest absolute Gasteiger partial charge is 0.493 e. The standard InChI is InChI=1S/C15H13NO4/c1-19-14-8-10(9-17)2-7-13(14)20-15(18)11-3-5-12(16)6-4-11/h2-9H,16H2,1H3. The molecule has 0 saturated carbocycles. The number of ether oxygens (including phenoxy) is 2. The van der Waals surface area contributed by atoms with Gasteiger partial charge in [0.2, 0.25) is 0 Å². The summed E-state index contributed by atoms with van der Waals surface area (Å²) in [6, 6.07) is 10.9. The van der Waals surface area contributed by atoms with Crippen LogP contribution < -0.4 is 15.2 Å². The summed E-state index contributed by atoms with van der Waals surface area (Å²) in [6.07, 6.45) is 0.689. The Morgan fingerprint density at radius 2 is 1.80 bits per heavy atom. The van der Waals surface area contributed by atoms with Gasteiger partial charge in [-0.15, -0.1) is 0 Å².